The van der Waals surface area contributed by atoms with Gasteiger partial charge in [-0.25, -0.2) is 0 Å². The standard InChI is InChI=1S/C5H8O4.C4H6O3.C3H6O3/c1-4(6)8-3-9-5(2)7;1-3(5)7-4(2)6;1-3(5)6-2-4/h3H2,1-2H3;1-2H3;4H,2H2,1H3. The van der Waals surface area contributed by atoms with E-state index in [1.54, 1.807) is 0 Å². The van der Waals surface area contributed by atoms with Crippen molar-refractivity contribution in [3.05, 3.63) is 0 Å². The predicted molar refractivity (Wildman–Crippen MR) is 69.7 cm³/mol. The molecule has 0 bridgehead atoms. The van der Waals surface area contributed by atoms with Crippen molar-refractivity contribution in [1.82, 2.24) is 0 Å². The molecule has 0 fully saturated rings. The van der Waals surface area contributed by atoms with Crippen LogP contribution in [0, 0.1) is 0 Å². The van der Waals surface area contributed by atoms with Crippen molar-refractivity contribution < 1.29 is 48.0 Å². The summed E-state index contributed by atoms with van der Waals surface area (Å²) in [6.07, 6.45) is 0. The molecule has 0 aliphatic rings. The molecule has 0 saturated carbocycles. The van der Waals surface area contributed by atoms with E-state index in [-0.39, 0.29) is 6.79 Å². The van der Waals surface area contributed by atoms with Crippen LogP contribution in [0.5, 0.6) is 0 Å². The fourth-order valence-electron chi connectivity index (χ4n) is 0.489. The van der Waals surface area contributed by atoms with Gasteiger partial charge in [0.2, 0.25) is 6.79 Å². The molecule has 0 radical (unpaired) electrons. The minimum atomic E-state index is -0.562. The third-order valence-electron chi connectivity index (χ3n) is 1.08. The Morgan fingerprint density at radius 3 is 1.05 bits per heavy atom. The van der Waals surface area contributed by atoms with Gasteiger partial charge in [0.15, 0.2) is 6.79 Å². The minimum Gasteiger partial charge on any atom is -0.439 e. The second-order valence-corrected chi connectivity index (χ2v) is 3.24. The average molecular weight is 324 g/mol. The molecular formula is C12H20O10. The number of carbonyl (C=O) groups excluding carboxylic acids is 5. The second-order valence-electron chi connectivity index (χ2n) is 3.24. The van der Waals surface area contributed by atoms with E-state index in [2.05, 4.69) is 18.9 Å². The first-order valence-electron chi connectivity index (χ1n) is 5.72. The first kappa shape index (κ1) is 24.5. The van der Waals surface area contributed by atoms with Crippen molar-refractivity contribution in [2.45, 2.75) is 34.6 Å². The van der Waals surface area contributed by atoms with Gasteiger partial charge in [0.05, 0.1) is 0 Å². The van der Waals surface area contributed by atoms with E-state index in [0.29, 0.717) is 0 Å². The predicted octanol–water partition coefficient (Wildman–Crippen LogP) is -0.335. The third-order valence-corrected chi connectivity index (χ3v) is 1.08. The number of esters is 5. The van der Waals surface area contributed by atoms with Gasteiger partial charge in [-0.3, -0.25) is 24.0 Å². The Morgan fingerprint density at radius 2 is 0.955 bits per heavy atom. The number of aliphatic hydroxyl groups is 1. The van der Waals surface area contributed by atoms with Crippen LogP contribution in [0.15, 0.2) is 0 Å². The number of aliphatic hydroxyl groups excluding tert-OH is 1. The fourth-order valence-corrected chi connectivity index (χ4v) is 0.489. The second kappa shape index (κ2) is 16.6. The van der Waals surface area contributed by atoms with Crippen molar-refractivity contribution in [3.8, 4) is 0 Å². The molecule has 0 rings (SSSR count). The van der Waals surface area contributed by atoms with E-state index < -0.39 is 36.6 Å². The number of hydrogen-bond acceptors (Lipinski definition) is 10. The van der Waals surface area contributed by atoms with Gasteiger partial charge in [0.1, 0.15) is 0 Å². The lowest BCUT2D eigenvalue weighted by Crippen LogP contribution is -2.07. The number of hydrogen-bond donors (Lipinski definition) is 1. The Labute approximate surface area is 127 Å². The van der Waals surface area contributed by atoms with Crippen LogP contribution in [0.1, 0.15) is 34.6 Å². The molecular weight excluding hydrogens is 304 g/mol. The molecule has 0 heterocycles. The molecule has 128 valence electrons. The Balaban J connectivity index is -0.000000252. The first-order chi connectivity index (χ1) is 10.0. The molecule has 0 atom stereocenters. The van der Waals surface area contributed by atoms with Crippen molar-refractivity contribution in [1.29, 1.82) is 0 Å². The van der Waals surface area contributed by atoms with E-state index in [9.17, 15) is 24.0 Å². The molecule has 0 aromatic rings. The summed E-state index contributed by atoms with van der Waals surface area (Å²) >= 11 is 0. The van der Waals surface area contributed by atoms with Crippen LogP contribution in [0.25, 0.3) is 0 Å². The van der Waals surface area contributed by atoms with Gasteiger partial charge in [-0.2, -0.15) is 0 Å². The molecule has 10 nitrogen and oxygen atoms in total. The van der Waals surface area contributed by atoms with E-state index >= 15 is 0 Å². The summed E-state index contributed by atoms with van der Waals surface area (Å²) in [6.45, 7) is 5.27. The molecule has 0 aromatic carbocycles. The van der Waals surface area contributed by atoms with Gasteiger partial charge >= 0.3 is 29.8 Å². The highest BCUT2D eigenvalue weighted by Crippen LogP contribution is 1.79. The smallest absolute Gasteiger partial charge is 0.310 e. The van der Waals surface area contributed by atoms with E-state index in [1.165, 1.54) is 34.6 Å². The molecule has 0 amide bonds. The molecule has 0 saturated heterocycles. The highest BCUT2D eigenvalue weighted by molar-refractivity contribution is 5.82. The summed E-state index contributed by atoms with van der Waals surface area (Å²) in [5.74, 6) is -2.51. The maximum Gasteiger partial charge on any atom is 0.310 e. The molecule has 0 aliphatic carbocycles. The molecule has 22 heavy (non-hydrogen) atoms. The van der Waals surface area contributed by atoms with Gasteiger partial charge in [-0.05, 0) is 0 Å². The lowest BCUT2D eigenvalue weighted by molar-refractivity contribution is -0.164. The van der Waals surface area contributed by atoms with Crippen LogP contribution in [-0.4, -0.2) is 48.5 Å². The first-order valence-corrected chi connectivity index (χ1v) is 5.72. The Bertz CT molecular complexity index is 348. The Hall–Kier alpha value is -2.49. The zero-order chi connectivity index (χ0) is 18.1. The number of carbonyl (C=O) groups is 5. The van der Waals surface area contributed by atoms with Gasteiger partial charge in [-0.1, -0.05) is 0 Å². The summed E-state index contributed by atoms with van der Waals surface area (Å²) < 4.78 is 16.5. The van der Waals surface area contributed by atoms with Gasteiger partial charge < -0.3 is 24.1 Å². The van der Waals surface area contributed by atoms with Crippen molar-refractivity contribution in [3.63, 3.8) is 0 Å². The summed E-state index contributed by atoms with van der Waals surface area (Å²) in [4.78, 5) is 49.3. The molecule has 0 spiro atoms. The SMILES string of the molecule is CC(=O)OC(C)=O.CC(=O)OCO.CC(=O)OCOC(C)=O. The van der Waals surface area contributed by atoms with E-state index in [0.717, 1.165) is 0 Å². The van der Waals surface area contributed by atoms with E-state index in [4.69, 9.17) is 5.11 Å². The van der Waals surface area contributed by atoms with E-state index in [1.807, 2.05) is 0 Å². The number of ether oxygens (including phenoxy) is 4. The molecule has 0 unspecified atom stereocenters. The van der Waals surface area contributed by atoms with Gasteiger partial charge in [0, 0.05) is 34.6 Å². The van der Waals surface area contributed by atoms with Crippen LogP contribution < -0.4 is 0 Å². The fraction of sp³-hybridized carbons (Fsp3) is 0.583. The zero-order valence-electron chi connectivity index (χ0n) is 13.0. The van der Waals surface area contributed by atoms with Crippen LogP contribution in [0.4, 0.5) is 0 Å². The normalized spacial score (nSPS) is 7.91. The highest BCUT2D eigenvalue weighted by atomic mass is 16.7. The van der Waals surface area contributed by atoms with Crippen LogP contribution in [0.2, 0.25) is 0 Å². The minimum absolute atomic E-state index is 0.287. The Morgan fingerprint density at radius 1 is 0.636 bits per heavy atom. The molecule has 10 heteroatoms. The van der Waals surface area contributed by atoms with Crippen molar-refractivity contribution >= 4 is 29.8 Å². The summed E-state index contributed by atoms with van der Waals surface area (Å²) in [5, 5.41) is 7.79. The summed E-state index contributed by atoms with van der Waals surface area (Å²) in [6, 6.07) is 0. The zero-order valence-corrected chi connectivity index (χ0v) is 13.0. The maximum absolute atomic E-state index is 10.0. The topological polar surface area (TPSA) is 142 Å². The van der Waals surface area contributed by atoms with Crippen LogP contribution >= 0.6 is 0 Å². The maximum atomic E-state index is 10.0. The average Bonchev–Trinajstić information content (AvgIpc) is 2.26. The van der Waals surface area contributed by atoms with Gasteiger partial charge in [-0.15, -0.1) is 0 Å². The lowest BCUT2D eigenvalue weighted by Gasteiger charge is -1.99. The lowest BCUT2D eigenvalue weighted by atomic mass is 10.7. The van der Waals surface area contributed by atoms with Crippen molar-refractivity contribution in [2.75, 3.05) is 13.6 Å². The Kier molecular flexibility index (Phi) is 18.5. The van der Waals surface area contributed by atoms with Crippen LogP contribution in [-0.2, 0) is 42.9 Å². The summed E-state index contributed by atoms with van der Waals surface area (Å²) in [5.41, 5.74) is 0. The largest absolute Gasteiger partial charge is 0.439 e. The quantitative estimate of drug-likeness (QED) is 0.317. The van der Waals surface area contributed by atoms with Crippen LogP contribution in [0.3, 0.4) is 0 Å². The monoisotopic (exact) mass is 324 g/mol. The highest BCUT2D eigenvalue weighted by Gasteiger charge is 1.94. The molecule has 1 N–H and O–H groups in total. The molecule has 0 aromatic heterocycles. The van der Waals surface area contributed by atoms with Crippen molar-refractivity contribution in [2.24, 2.45) is 0 Å². The van der Waals surface area contributed by atoms with Gasteiger partial charge in [0.25, 0.3) is 0 Å². The molecule has 0 aliphatic heterocycles. The third kappa shape index (κ3) is 43.2. The summed E-state index contributed by atoms with van der Waals surface area (Å²) in [7, 11) is 0. The number of rotatable bonds is 3.